The fourth-order valence-corrected chi connectivity index (χ4v) is 4.01. The van der Waals surface area contributed by atoms with Crippen molar-refractivity contribution in [3.8, 4) is 5.75 Å². The highest BCUT2D eigenvalue weighted by molar-refractivity contribution is 7.92. The van der Waals surface area contributed by atoms with Crippen molar-refractivity contribution in [1.29, 1.82) is 0 Å². The van der Waals surface area contributed by atoms with E-state index in [1.807, 2.05) is 12.1 Å². The summed E-state index contributed by atoms with van der Waals surface area (Å²) in [6, 6.07) is 20.2. The molecule has 150 valence electrons. The second kappa shape index (κ2) is 8.79. The maximum atomic E-state index is 12.6. The van der Waals surface area contributed by atoms with Gasteiger partial charge in [0, 0.05) is 11.8 Å². The molecule has 3 aromatic rings. The van der Waals surface area contributed by atoms with E-state index in [-0.39, 0.29) is 10.5 Å². The van der Waals surface area contributed by atoms with Gasteiger partial charge in [0.05, 0.1) is 17.6 Å². The number of carboxylic acid groups (broad SMARTS) is 1. The average Bonchev–Trinajstić information content (AvgIpc) is 2.72. The van der Waals surface area contributed by atoms with Gasteiger partial charge < -0.3 is 9.84 Å². The van der Waals surface area contributed by atoms with Crippen LogP contribution in [-0.4, -0.2) is 26.6 Å². The molecule has 0 heterocycles. The van der Waals surface area contributed by atoms with Crippen LogP contribution >= 0.6 is 0 Å². The molecule has 0 bridgehead atoms. The third-order valence-electron chi connectivity index (χ3n) is 4.41. The first-order valence-electron chi connectivity index (χ1n) is 8.95. The number of hydrogen-bond donors (Lipinski definition) is 2. The molecule has 3 aromatic carbocycles. The molecule has 0 unspecified atom stereocenters. The van der Waals surface area contributed by atoms with Crippen molar-refractivity contribution in [2.45, 2.75) is 17.7 Å². The minimum absolute atomic E-state index is 0.118. The molecule has 0 aliphatic carbocycles. The summed E-state index contributed by atoms with van der Waals surface area (Å²) in [6.07, 6.45) is 1.30. The second-order valence-corrected chi connectivity index (χ2v) is 8.17. The number of rotatable bonds is 8. The SMILES string of the molecule is COc1cccc(S(=O)(=O)Nc2cccc(CCc3cccc(C(=O)O)c3)c2)c1. The first kappa shape index (κ1) is 20.4. The fraction of sp³-hybridized carbons (Fsp3) is 0.136. The molecule has 0 fully saturated rings. The summed E-state index contributed by atoms with van der Waals surface area (Å²) in [7, 11) is -2.26. The Morgan fingerprint density at radius 2 is 1.59 bits per heavy atom. The number of methoxy groups -OCH3 is 1. The van der Waals surface area contributed by atoms with Crippen LogP contribution in [0, 0.1) is 0 Å². The van der Waals surface area contributed by atoms with Crippen LogP contribution in [0.3, 0.4) is 0 Å². The molecule has 0 spiro atoms. The highest BCUT2D eigenvalue weighted by Crippen LogP contribution is 2.21. The minimum atomic E-state index is -3.74. The van der Waals surface area contributed by atoms with Crippen LogP contribution in [-0.2, 0) is 22.9 Å². The monoisotopic (exact) mass is 411 g/mol. The maximum Gasteiger partial charge on any atom is 0.335 e. The van der Waals surface area contributed by atoms with Gasteiger partial charge in [-0.1, -0.05) is 30.3 Å². The van der Waals surface area contributed by atoms with Crippen LogP contribution < -0.4 is 9.46 Å². The molecule has 0 atom stereocenters. The predicted molar refractivity (Wildman–Crippen MR) is 111 cm³/mol. The van der Waals surface area contributed by atoms with E-state index in [1.54, 1.807) is 48.5 Å². The molecule has 2 N–H and O–H groups in total. The van der Waals surface area contributed by atoms with Crippen molar-refractivity contribution >= 4 is 21.7 Å². The van der Waals surface area contributed by atoms with Crippen LogP contribution in [0.1, 0.15) is 21.5 Å². The van der Waals surface area contributed by atoms with E-state index in [4.69, 9.17) is 9.84 Å². The van der Waals surface area contributed by atoms with Crippen LogP contribution in [0.4, 0.5) is 5.69 Å². The smallest absolute Gasteiger partial charge is 0.335 e. The van der Waals surface area contributed by atoms with Crippen LogP contribution in [0.15, 0.2) is 77.7 Å². The van der Waals surface area contributed by atoms with Gasteiger partial charge in [-0.25, -0.2) is 13.2 Å². The molecule has 0 radical (unpaired) electrons. The van der Waals surface area contributed by atoms with Gasteiger partial charge in [0.1, 0.15) is 5.75 Å². The summed E-state index contributed by atoms with van der Waals surface area (Å²) >= 11 is 0. The lowest BCUT2D eigenvalue weighted by Gasteiger charge is -2.11. The second-order valence-electron chi connectivity index (χ2n) is 6.49. The molecular weight excluding hydrogens is 390 g/mol. The van der Waals surface area contributed by atoms with E-state index >= 15 is 0 Å². The summed E-state index contributed by atoms with van der Waals surface area (Å²) in [5.74, 6) is -0.494. The number of sulfonamides is 1. The number of benzene rings is 3. The number of aromatic carboxylic acids is 1. The van der Waals surface area contributed by atoms with E-state index in [1.165, 1.54) is 19.2 Å². The van der Waals surface area contributed by atoms with Crippen LogP contribution in [0.5, 0.6) is 5.75 Å². The number of ether oxygens (including phenoxy) is 1. The van der Waals surface area contributed by atoms with E-state index in [0.29, 0.717) is 24.3 Å². The number of carbonyl (C=O) groups is 1. The van der Waals surface area contributed by atoms with Gasteiger partial charge >= 0.3 is 5.97 Å². The molecular formula is C22H21NO5S. The van der Waals surface area contributed by atoms with Crippen LogP contribution in [0.25, 0.3) is 0 Å². The highest BCUT2D eigenvalue weighted by Gasteiger charge is 2.15. The Kier molecular flexibility index (Phi) is 6.19. The third kappa shape index (κ3) is 5.36. The summed E-state index contributed by atoms with van der Waals surface area (Å²) < 4.78 is 33.0. The van der Waals surface area contributed by atoms with Crippen LogP contribution in [0.2, 0.25) is 0 Å². The van der Waals surface area contributed by atoms with Crippen molar-refractivity contribution < 1.29 is 23.1 Å². The van der Waals surface area contributed by atoms with E-state index in [0.717, 1.165) is 11.1 Å². The molecule has 0 amide bonds. The van der Waals surface area contributed by atoms with E-state index in [2.05, 4.69) is 4.72 Å². The molecule has 0 aliphatic rings. The number of carboxylic acids is 1. The fourth-order valence-electron chi connectivity index (χ4n) is 2.92. The standard InChI is InChI=1S/C22H21NO5S/c1-28-20-9-4-10-21(15-20)29(26,27)23-19-8-3-6-17(14-19)12-11-16-5-2-7-18(13-16)22(24)25/h2-10,13-15,23H,11-12H2,1H3,(H,24,25). The molecule has 0 aromatic heterocycles. The lowest BCUT2D eigenvalue weighted by Crippen LogP contribution is -2.13. The number of aryl methyl sites for hydroxylation is 2. The van der Waals surface area contributed by atoms with Gasteiger partial charge in [-0.2, -0.15) is 0 Å². The molecule has 3 rings (SSSR count). The van der Waals surface area contributed by atoms with Gasteiger partial charge in [-0.15, -0.1) is 0 Å². The Bertz CT molecular complexity index is 1130. The van der Waals surface area contributed by atoms with E-state index in [9.17, 15) is 13.2 Å². The molecule has 0 saturated heterocycles. The first-order valence-corrected chi connectivity index (χ1v) is 10.4. The Morgan fingerprint density at radius 3 is 2.28 bits per heavy atom. The largest absolute Gasteiger partial charge is 0.497 e. The third-order valence-corrected chi connectivity index (χ3v) is 5.79. The predicted octanol–water partition coefficient (Wildman–Crippen LogP) is 3.98. The summed E-state index contributed by atoms with van der Waals surface area (Å²) in [5.41, 5.74) is 2.57. The summed E-state index contributed by atoms with van der Waals surface area (Å²) in [4.78, 5) is 11.2. The Hall–Kier alpha value is -3.32. The normalized spacial score (nSPS) is 11.1. The van der Waals surface area contributed by atoms with Gasteiger partial charge in [0.15, 0.2) is 0 Å². The van der Waals surface area contributed by atoms with Crippen molar-refractivity contribution in [2.24, 2.45) is 0 Å². The van der Waals surface area contributed by atoms with E-state index < -0.39 is 16.0 Å². The van der Waals surface area contributed by atoms with Crippen molar-refractivity contribution in [1.82, 2.24) is 0 Å². The number of hydrogen-bond acceptors (Lipinski definition) is 4. The first-order chi connectivity index (χ1) is 13.9. The maximum absolute atomic E-state index is 12.6. The molecule has 0 aliphatic heterocycles. The number of anilines is 1. The Balaban J connectivity index is 1.72. The van der Waals surface area contributed by atoms with Crippen molar-refractivity contribution in [3.05, 3.63) is 89.5 Å². The highest BCUT2D eigenvalue weighted by atomic mass is 32.2. The summed E-state index contributed by atoms with van der Waals surface area (Å²) in [5, 5.41) is 9.09. The average molecular weight is 411 g/mol. The molecule has 29 heavy (non-hydrogen) atoms. The molecule has 6 nitrogen and oxygen atoms in total. The zero-order valence-corrected chi connectivity index (χ0v) is 16.6. The van der Waals surface area contributed by atoms with Gasteiger partial charge in [-0.3, -0.25) is 4.72 Å². The molecule has 7 heteroatoms. The Morgan fingerprint density at radius 1 is 0.931 bits per heavy atom. The van der Waals surface area contributed by atoms with Gasteiger partial charge in [-0.05, 0) is 60.4 Å². The lowest BCUT2D eigenvalue weighted by molar-refractivity contribution is 0.0696. The topological polar surface area (TPSA) is 92.7 Å². The van der Waals surface area contributed by atoms with Crippen molar-refractivity contribution in [3.63, 3.8) is 0 Å². The Labute approximate surface area is 169 Å². The van der Waals surface area contributed by atoms with Gasteiger partial charge in [0.2, 0.25) is 0 Å². The number of nitrogens with one attached hydrogen (secondary N) is 1. The quantitative estimate of drug-likeness (QED) is 0.585. The summed E-state index contributed by atoms with van der Waals surface area (Å²) in [6.45, 7) is 0. The van der Waals surface area contributed by atoms with Crippen molar-refractivity contribution in [2.75, 3.05) is 11.8 Å². The van der Waals surface area contributed by atoms with Gasteiger partial charge in [0.25, 0.3) is 10.0 Å². The molecule has 0 saturated carbocycles. The lowest BCUT2D eigenvalue weighted by atomic mass is 10.0. The zero-order valence-electron chi connectivity index (χ0n) is 15.8. The zero-order chi connectivity index (χ0) is 20.9. The minimum Gasteiger partial charge on any atom is -0.497 e.